The molecule has 21 heavy (non-hydrogen) atoms. The minimum absolute atomic E-state index is 0.225. The summed E-state index contributed by atoms with van der Waals surface area (Å²) < 4.78 is 0. The molecule has 4 nitrogen and oxygen atoms in total. The van der Waals surface area contributed by atoms with Gasteiger partial charge in [0.05, 0.1) is 0 Å². The Kier molecular flexibility index (Phi) is 4.34. The van der Waals surface area contributed by atoms with Crippen LogP contribution in [0.15, 0.2) is 41.8 Å². The number of amides is 1. The average Bonchev–Trinajstić information content (AvgIpc) is 3.24. The highest BCUT2D eigenvalue weighted by Gasteiger charge is 2.29. The number of nitrogens with one attached hydrogen (secondary N) is 1. The van der Waals surface area contributed by atoms with Crippen molar-refractivity contribution in [2.24, 2.45) is 5.84 Å². The van der Waals surface area contributed by atoms with E-state index in [0.717, 1.165) is 18.7 Å². The van der Waals surface area contributed by atoms with Gasteiger partial charge in [0.25, 0.3) is 5.91 Å². The Morgan fingerprint density at radius 3 is 2.71 bits per heavy atom. The SMILES string of the molecule is NNC(=O)c1ccccc1CN(Cc1cccs1)C1CC1. The number of thiophene rings is 1. The highest BCUT2D eigenvalue weighted by molar-refractivity contribution is 7.09. The lowest BCUT2D eigenvalue weighted by molar-refractivity contribution is 0.0951. The molecule has 0 spiro atoms. The van der Waals surface area contributed by atoms with E-state index in [9.17, 15) is 4.79 Å². The molecule has 110 valence electrons. The fraction of sp³-hybridized carbons (Fsp3) is 0.312. The molecule has 1 aromatic heterocycles. The molecule has 0 saturated heterocycles. The summed E-state index contributed by atoms with van der Waals surface area (Å²) in [7, 11) is 0. The number of carbonyl (C=O) groups is 1. The minimum Gasteiger partial charge on any atom is -0.291 e. The Bertz CT molecular complexity index is 608. The number of nitrogens with two attached hydrogens (primary N) is 1. The molecule has 5 heteroatoms. The van der Waals surface area contributed by atoms with Gasteiger partial charge in [0, 0.05) is 29.6 Å². The molecule has 1 aromatic carbocycles. The molecule has 1 fully saturated rings. The third-order valence-electron chi connectivity index (χ3n) is 3.77. The molecule has 0 bridgehead atoms. The first-order chi connectivity index (χ1) is 10.3. The summed E-state index contributed by atoms with van der Waals surface area (Å²) in [5, 5.41) is 2.11. The van der Waals surface area contributed by atoms with E-state index in [1.807, 2.05) is 24.3 Å². The third-order valence-corrected chi connectivity index (χ3v) is 4.63. The second-order valence-corrected chi connectivity index (χ2v) is 6.38. The van der Waals surface area contributed by atoms with Crippen LogP contribution in [-0.4, -0.2) is 16.8 Å². The first-order valence-electron chi connectivity index (χ1n) is 7.13. The van der Waals surface area contributed by atoms with Crippen LogP contribution in [0.4, 0.5) is 0 Å². The van der Waals surface area contributed by atoms with Crippen LogP contribution in [0.1, 0.15) is 33.6 Å². The van der Waals surface area contributed by atoms with Gasteiger partial charge in [-0.15, -0.1) is 11.3 Å². The molecule has 0 aliphatic heterocycles. The number of nitrogen functional groups attached to an aromatic ring is 1. The maximum atomic E-state index is 11.9. The maximum Gasteiger partial charge on any atom is 0.265 e. The molecular weight excluding hydrogens is 282 g/mol. The maximum absolute atomic E-state index is 11.9. The van der Waals surface area contributed by atoms with Crippen molar-refractivity contribution in [3.05, 3.63) is 57.8 Å². The zero-order valence-corrected chi connectivity index (χ0v) is 12.6. The van der Waals surface area contributed by atoms with E-state index in [1.165, 1.54) is 17.7 Å². The van der Waals surface area contributed by atoms with Crippen molar-refractivity contribution in [2.75, 3.05) is 0 Å². The standard InChI is InChI=1S/C16H19N3OS/c17-18-16(20)15-6-2-1-4-12(15)10-19(13-7-8-13)11-14-5-3-9-21-14/h1-6,9,13H,7-8,10-11,17H2,(H,18,20). The highest BCUT2D eigenvalue weighted by atomic mass is 32.1. The predicted octanol–water partition coefficient (Wildman–Crippen LogP) is 2.52. The first kappa shape index (κ1) is 14.3. The quantitative estimate of drug-likeness (QED) is 0.490. The monoisotopic (exact) mass is 301 g/mol. The van der Waals surface area contributed by atoms with Crippen LogP contribution >= 0.6 is 11.3 Å². The van der Waals surface area contributed by atoms with Crippen LogP contribution in [-0.2, 0) is 13.1 Å². The number of rotatable bonds is 6. The van der Waals surface area contributed by atoms with Gasteiger partial charge in [-0.2, -0.15) is 0 Å². The molecule has 1 aliphatic carbocycles. The summed E-state index contributed by atoms with van der Waals surface area (Å²) in [5.74, 6) is 5.05. The van der Waals surface area contributed by atoms with E-state index in [2.05, 4.69) is 27.8 Å². The van der Waals surface area contributed by atoms with Crippen LogP contribution in [0.2, 0.25) is 0 Å². The van der Waals surface area contributed by atoms with Crippen LogP contribution < -0.4 is 11.3 Å². The van der Waals surface area contributed by atoms with Gasteiger partial charge in [0.1, 0.15) is 0 Å². The number of nitrogens with zero attached hydrogens (tertiary/aromatic N) is 1. The number of hydrogen-bond donors (Lipinski definition) is 2. The second kappa shape index (κ2) is 6.39. The third kappa shape index (κ3) is 3.50. The molecule has 2 aromatic rings. The van der Waals surface area contributed by atoms with E-state index < -0.39 is 0 Å². The molecule has 3 rings (SSSR count). The van der Waals surface area contributed by atoms with E-state index in [4.69, 9.17) is 5.84 Å². The second-order valence-electron chi connectivity index (χ2n) is 5.35. The van der Waals surface area contributed by atoms with Gasteiger partial charge in [-0.25, -0.2) is 5.84 Å². The fourth-order valence-electron chi connectivity index (χ4n) is 2.53. The highest BCUT2D eigenvalue weighted by Crippen LogP contribution is 2.31. The van der Waals surface area contributed by atoms with Gasteiger partial charge in [-0.3, -0.25) is 15.1 Å². The average molecular weight is 301 g/mol. The van der Waals surface area contributed by atoms with Gasteiger partial charge in [-0.05, 0) is 35.9 Å². The van der Waals surface area contributed by atoms with E-state index in [-0.39, 0.29) is 5.91 Å². The van der Waals surface area contributed by atoms with E-state index >= 15 is 0 Å². The smallest absolute Gasteiger partial charge is 0.265 e. The summed E-state index contributed by atoms with van der Waals surface area (Å²) >= 11 is 1.78. The molecule has 1 saturated carbocycles. The molecule has 3 N–H and O–H groups in total. The Morgan fingerprint density at radius 2 is 2.05 bits per heavy atom. The summed E-state index contributed by atoms with van der Waals surface area (Å²) in [6, 6.07) is 12.6. The topological polar surface area (TPSA) is 58.4 Å². The Balaban J connectivity index is 1.78. The van der Waals surface area contributed by atoms with Gasteiger partial charge < -0.3 is 0 Å². The number of carbonyl (C=O) groups excluding carboxylic acids is 1. The summed E-state index contributed by atoms with van der Waals surface area (Å²) in [6.45, 7) is 1.73. The predicted molar refractivity (Wildman–Crippen MR) is 84.7 cm³/mol. The van der Waals surface area contributed by atoms with Crippen molar-refractivity contribution in [3.63, 3.8) is 0 Å². The first-order valence-corrected chi connectivity index (χ1v) is 8.01. The number of benzene rings is 1. The van der Waals surface area contributed by atoms with Crippen LogP contribution in [0, 0.1) is 0 Å². The Morgan fingerprint density at radius 1 is 1.24 bits per heavy atom. The lowest BCUT2D eigenvalue weighted by Crippen LogP contribution is -2.32. The largest absolute Gasteiger partial charge is 0.291 e. The zero-order chi connectivity index (χ0) is 14.7. The number of hydrogen-bond acceptors (Lipinski definition) is 4. The van der Waals surface area contributed by atoms with E-state index in [1.54, 1.807) is 11.3 Å². The fourth-order valence-corrected chi connectivity index (χ4v) is 3.26. The van der Waals surface area contributed by atoms with Crippen molar-refractivity contribution < 1.29 is 4.79 Å². The minimum atomic E-state index is -0.225. The van der Waals surface area contributed by atoms with Crippen LogP contribution in [0.5, 0.6) is 0 Å². The van der Waals surface area contributed by atoms with Crippen molar-refractivity contribution in [1.82, 2.24) is 10.3 Å². The zero-order valence-electron chi connectivity index (χ0n) is 11.8. The molecule has 0 radical (unpaired) electrons. The number of hydrazine groups is 1. The molecule has 1 heterocycles. The summed E-state index contributed by atoms with van der Waals surface area (Å²) in [6.07, 6.45) is 2.49. The lowest BCUT2D eigenvalue weighted by atomic mass is 10.1. The van der Waals surface area contributed by atoms with E-state index in [0.29, 0.717) is 11.6 Å². The van der Waals surface area contributed by atoms with Gasteiger partial charge in [-0.1, -0.05) is 24.3 Å². The Labute approximate surface area is 128 Å². The molecule has 1 aliphatic rings. The normalized spacial score (nSPS) is 14.4. The summed E-state index contributed by atoms with van der Waals surface area (Å²) in [5.41, 5.74) is 3.93. The van der Waals surface area contributed by atoms with Crippen molar-refractivity contribution in [3.8, 4) is 0 Å². The lowest BCUT2D eigenvalue weighted by Gasteiger charge is -2.22. The van der Waals surface area contributed by atoms with Crippen LogP contribution in [0.3, 0.4) is 0 Å². The Hall–Kier alpha value is -1.69. The van der Waals surface area contributed by atoms with Crippen molar-refractivity contribution in [1.29, 1.82) is 0 Å². The molecule has 0 atom stereocenters. The summed E-state index contributed by atoms with van der Waals surface area (Å²) in [4.78, 5) is 15.7. The van der Waals surface area contributed by atoms with Crippen molar-refractivity contribution >= 4 is 17.2 Å². The molecule has 1 amide bonds. The van der Waals surface area contributed by atoms with Crippen LogP contribution in [0.25, 0.3) is 0 Å². The molecular formula is C16H19N3OS. The molecule has 0 unspecified atom stereocenters. The van der Waals surface area contributed by atoms with Gasteiger partial charge >= 0.3 is 0 Å². The van der Waals surface area contributed by atoms with Gasteiger partial charge in [0.15, 0.2) is 0 Å². The van der Waals surface area contributed by atoms with Crippen molar-refractivity contribution in [2.45, 2.75) is 32.0 Å². The van der Waals surface area contributed by atoms with Gasteiger partial charge in [0.2, 0.25) is 0 Å².